The van der Waals surface area contributed by atoms with Gasteiger partial charge in [-0.05, 0) is 11.8 Å². The van der Waals surface area contributed by atoms with Gasteiger partial charge in [-0.3, -0.25) is 4.79 Å². The second-order valence-corrected chi connectivity index (χ2v) is 4.30. The Kier molecular flexibility index (Phi) is 7.48. The van der Waals surface area contributed by atoms with Crippen LogP contribution in [0.25, 0.3) is 0 Å². The van der Waals surface area contributed by atoms with Gasteiger partial charge in [0.1, 0.15) is 0 Å². The molecule has 0 saturated heterocycles. The molecule has 0 saturated carbocycles. The highest BCUT2D eigenvalue weighted by Crippen LogP contribution is 1.97. The molecule has 0 spiro atoms. The first-order valence-electron chi connectivity index (χ1n) is 5.25. The average molecular weight is 202 g/mol. The topological polar surface area (TPSA) is 35.5 Å². The highest BCUT2D eigenvalue weighted by Gasteiger charge is 2.04. The van der Waals surface area contributed by atoms with Crippen LogP contribution < -0.4 is 0 Å². The summed E-state index contributed by atoms with van der Waals surface area (Å²) >= 11 is 0. The Balaban J connectivity index is 3.27. The monoisotopic (exact) mass is 202 g/mol. The predicted molar refractivity (Wildman–Crippen MR) is 56.1 cm³/mol. The van der Waals surface area contributed by atoms with Gasteiger partial charge in [-0.2, -0.15) is 0 Å². The standard InChI is InChI=1S/C11H22O3/c1-9(2)7-13-6-5-11(12)14-8-10(3)4/h9-10H,5-8H2,1-4H3. The molecule has 0 aromatic rings. The van der Waals surface area contributed by atoms with Crippen molar-refractivity contribution in [2.75, 3.05) is 19.8 Å². The molecule has 0 aromatic heterocycles. The van der Waals surface area contributed by atoms with Crippen molar-refractivity contribution in [1.82, 2.24) is 0 Å². The molecular formula is C11H22O3. The molecule has 14 heavy (non-hydrogen) atoms. The van der Waals surface area contributed by atoms with E-state index in [-0.39, 0.29) is 5.97 Å². The van der Waals surface area contributed by atoms with Gasteiger partial charge < -0.3 is 9.47 Å². The minimum Gasteiger partial charge on any atom is -0.465 e. The molecule has 0 heterocycles. The number of carbonyl (C=O) groups excluding carboxylic acids is 1. The lowest BCUT2D eigenvalue weighted by atomic mass is 10.2. The summed E-state index contributed by atoms with van der Waals surface area (Å²) in [7, 11) is 0. The molecule has 84 valence electrons. The quantitative estimate of drug-likeness (QED) is 0.469. The van der Waals surface area contributed by atoms with Crippen LogP contribution >= 0.6 is 0 Å². The first-order valence-corrected chi connectivity index (χ1v) is 5.25. The smallest absolute Gasteiger partial charge is 0.308 e. The zero-order valence-electron chi connectivity index (χ0n) is 9.71. The SMILES string of the molecule is CC(C)COCCC(=O)OCC(C)C. The third-order valence-electron chi connectivity index (χ3n) is 1.48. The van der Waals surface area contributed by atoms with Crippen molar-refractivity contribution in [1.29, 1.82) is 0 Å². The number of ether oxygens (including phenoxy) is 2. The van der Waals surface area contributed by atoms with E-state index in [9.17, 15) is 4.79 Å². The first kappa shape index (κ1) is 13.4. The largest absolute Gasteiger partial charge is 0.465 e. The fraction of sp³-hybridized carbons (Fsp3) is 0.909. The van der Waals surface area contributed by atoms with Crippen molar-refractivity contribution < 1.29 is 14.3 Å². The number of esters is 1. The number of rotatable bonds is 7. The van der Waals surface area contributed by atoms with Gasteiger partial charge in [-0.15, -0.1) is 0 Å². The van der Waals surface area contributed by atoms with Gasteiger partial charge >= 0.3 is 5.97 Å². The minimum absolute atomic E-state index is 0.164. The Hall–Kier alpha value is -0.570. The van der Waals surface area contributed by atoms with Crippen LogP contribution in [0.2, 0.25) is 0 Å². The van der Waals surface area contributed by atoms with Crippen LogP contribution in [0, 0.1) is 11.8 Å². The molecule has 0 bridgehead atoms. The summed E-state index contributed by atoms with van der Waals surface area (Å²) in [6.45, 7) is 9.87. The summed E-state index contributed by atoms with van der Waals surface area (Å²) in [6.07, 6.45) is 0.361. The Labute approximate surface area is 86.8 Å². The summed E-state index contributed by atoms with van der Waals surface area (Å²) < 4.78 is 10.3. The van der Waals surface area contributed by atoms with Crippen LogP contribution in [-0.4, -0.2) is 25.8 Å². The maximum Gasteiger partial charge on any atom is 0.308 e. The van der Waals surface area contributed by atoms with Crippen LogP contribution in [0.3, 0.4) is 0 Å². The zero-order valence-corrected chi connectivity index (χ0v) is 9.71. The second-order valence-electron chi connectivity index (χ2n) is 4.30. The third-order valence-corrected chi connectivity index (χ3v) is 1.48. The molecule has 3 heteroatoms. The van der Waals surface area contributed by atoms with Crippen LogP contribution in [0.5, 0.6) is 0 Å². The predicted octanol–water partition coefficient (Wildman–Crippen LogP) is 2.25. The van der Waals surface area contributed by atoms with E-state index in [1.807, 2.05) is 13.8 Å². The summed E-state index contributed by atoms with van der Waals surface area (Å²) in [5, 5.41) is 0. The zero-order chi connectivity index (χ0) is 11.0. The van der Waals surface area contributed by atoms with Gasteiger partial charge in [0.2, 0.25) is 0 Å². The second kappa shape index (κ2) is 7.80. The van der Waals surface area contributed by atoms with Crippen molar-refractivity contribution in [3.05, 3.63) is 0 Å². The van der Waals surface area contributed by atoms with Crippen molar-refractivity contribution in [2.24, 2.45) is 11.8 Å². The van der Waals surface area contributed by atoms with E-state index in [0.29, 0.717) is 38.1 Å². The van der Waals surface area contributed by atoms with Gasteiger partial charge in [0.05, 0.1) is 19.6 Å². The summed E-state index contributed by atoms with van der Waals surface area (Å²) in [5.74, 6) is 0.750. The maximum absolute atomic E-state index is 11.1. The minimum atomic E-state index is -0.164. The van der Waals surface area contributed by atoms with Crippen molar-refractivity contribution in [3.63, 3.8) is 0 Å². The van der Waals surface area contributed by atoms with Crippen LogP contribution in [-0.2, 0) is 14.3 Å². The first-order chi connectivity index (χ1) is 6.52. The maximum atomic E-state index is 11.1. The van der Waals surface area contributed by atoms with E-state index in [1.54, 1.807) is 0 Å². The van der Waals surface area contributed by atoms with E-state index >= 15 is 0 Å². The molecule has 3 nitrogen and oxygen atoms in total. The molecule has 0 radical (unpaired) electrons. The van der Waals surface area contributed by atoms with Gasteiger partial charge in [0.15, 0.2) is 0 Å². The van der Waals surface area contributed by atoms with Gasteiger partial charge in [-0.1, -0.05) is 27.7 Å². The van der Waals surface area contributed by atoms with Crippen molar-refractivity contribution >= 4 is 5.97 Å². The molecule has 0 aliphatic heterocycles. The Morgan fingerprint density at radius 2 is 1.64 bits per heavy atom. The Bertz CT molecular complexity index is 153. The lowest BCUT2D eigenvalue weighted by Gasteiger charge is -2.08. The van der Waals surface area contributed by atoms with Gasteiger partial charge in [0.25, 0.3) is 0 Å². The highest BCUT2D eigenvalue weighted by molar-refractivity contribution is 5.69. The summed E-state index contributed by atoms with van der Waals surface area (Å²) in [5.41, 5.74) is 0. The molecule has 0 rings (SSSR count). The Morgan fingerprint density at radius 1 is 1.07 bits per heavy atom. The lowest BCUT2D eigenvalue weighted by Crippen LogP contribution is -2.13. The molecule has 0 atom stereocenters. The summed E-state index contributed by atoms with van der Waals surface area (Å²) in [6, 6.07) is 0. The van der Waals surface area contributed by atoms with Crippen molar-refractivity contribution in [3.8, 4) is 0 Å². The van der Waals surface area contributed by atoms with Gasteiger partial charge in [-0.25, -0.2) is 0 Å². The average Bonchev–Trinajstić information content (AvgIpc) is 2.08. The van der Waals surface area contributed by atoms with E-state index < -0.39 is 0 Å². The van der Waals surface area contributed by atoms with Crippen LogP contribution in [0.4, 0.5) is 0 Å². The van der Waals surface area contributed by atoms with E-state index in [2.05, 4.69) is 13.8 Å². The molecular weight excluding hydrogens is 180 g/mol. The molecule has 0 aliphatic rings. The molecule has 0 unspecified atom stereocenters. The van der Waals surface area contributed by atoms with Crippen LogP contribution in [0.1, 0.15) is 34.1 Å². The lowest BCUT2D eigenvalue weighted by molar-refractivity contribution is -0.146. The normalized spacial score (nSPS) is 11.0. The van der Waals surface area contributed by atoms with Gasteiger partial charge in [0, 0.05) is 6.61 Å². The third kappa shape index (κ3) is 9.52. The molecule has 0 fully saturated rings. The number of hydrogen-bond donors (Lipinski definition) is 0. The molecule has 0 aromatic carbocycles. The molecule has 0 aliphatic carbocycles. The van der Waals surface area contributed by atoms with E-state index in [4.69, 9.17) is 9.47 Å². The highest BCUT2D eigenvalue weighted by atomic mass is 16.5. The number of carbonyl (C=O) groups is 1. The fourth-order valence-electron chi connectivity index (χ4n) is 0.806. The molecule has 0 N–H and O–H groups in total. The number of hydrogen-bond acceptors (Lipinski definition) is 3. The fourth-order valence-corrected chi connectivity index (χ4v) is 0.806. The summed E-state index contributed by atoms with van der Waals surface area (Å²) in [4.78, 5) is 11.1. The van der Waals surface area contributed by atoms with Crippen molar-refractivity contribution in [2.45, 2.75) is 34.1 Å². The Morgan fingerprint density at radius 3 is 2.14 bits per heavy atom. The van der Waals surface area contributed by atoms with Crippen LogP contribution in [0.15, 0.2) is 0 Å². The molecule has 0 amide bonds. The van der Waals surface area contributed by atoms with E-state index in [0.717, 1.165) is 0 Å². The van der Waals surface area contributed by atoms with E-state index in [1.165, 1.54) is 0 Å².